The summed E-state index contributed by atoms with van der Waals surface area (Å²) in [6.45, 7) is 1.87. The van der Waals surface area contributed by atoms with Crippen LogP contribution in [0.1, 0.15) is 103 Å². The third-order valence-electron chi connectivity index (χ3n) is 4.64. The lowest BCUT2D eigenvalue weighted by Gasteiger charge is -2.10. The standard InChI is InChI=1S/C21H42O3/c1-2-3-4-5-6-7-8-9-10-11-12-13-14-15-16-17-18-20(23)21(24)19-22/h17-18,20-24H,2-16,19H2,1H3/t20-,21?/m0/s1. The molecular formula is C21H42O3. The smallest absolute Gasteiger partial charge is 0.106 e. The van der Waals surface area contributed by atoms with Gasteiger partial charge < -0.3 is 15.3 Å². The molecule has 0 aliphatic rings. The van der Waals surface area contributed by atoms with E-state index in [0.29, 0.717) is 0 Å². The van der Waals surface area contributed by atoms with Crippen molar-refractivity contribution in [1.29, 1.82) is 0 Å². The van der Waals surface area contributed by atoms with Crippen molar-refractivity contribution in [2.75, 3.05) is 6.61 Å². The van der Waals surface area contributed by atoms with Gasteiger partial charge in [0.05, 0.1) is 6.61 Å². The number of hydrogen-bond acceptors (Lipinski definition) is 3. The Labute approximate surface area is 150 Å². The van der Waals surface area contributed by atoms with Crippen LogP contribution in [0.3, 0.4) is 0 Å². The molecule has 0 aliphatic heterocycles. The maximum Gasteiger partial charge on any atom is 0.106 e. The van der Waals surface area contributed by atoms with E-state index in [0.717, 1.165) is 12.8 Å². The van der Waals surface area contributed by atoms with Gasteiger partial charge in [0.15, 0.2) is 0 Å². The summed E-state index contributed by atoms with van der Waals surface area (Å²) in [5.74, 6) is 0. The van der Waals surface area contributed by atoms with Gasteiger partial charge in [0.25, 0.3) is 0 Å². The molecule has 144 valence electrons. The minimum atomic E-state index is -1.06. The molecule has 0 heterocycles. The van der Waals surface area contributed by atoms with E-state index in [4.69, 9.17) is 5.11 Å². The minimum absolute atomic E-state index is 0.398. The van der Waals surface area contributed by atoms with Gasteiger partial charge in [-0.15, -0.1) is 0 Å². The van der Waals surface area contributed by atoms with E-state index in [9.17, 15) is 10.2 Å². The lowest BCUT2D eigenvalue weighted by Crippen LogP contribution is -2.27. The second kappa shape index (κ2) is 19.0. The number of hydrogen-bond donors (Lipinski definition) is 3. The van der Waals surface area contributed by atoms with E-state index in [1.807, 2.05) is 6.08 Å². The van der Waals surface area contributed by atoms with Crippen LogP contribution in [0.25, 0.3) is 0 Å². The first-order valence-electron chi connectivity index (χ1n) is 10.4. The molecule has 0 bridgehead atoms. The fourth-order valence-electron chi connectivity index (χ4n) is 2.93. The fourth-order valence-corrected chi connectivity index (χ4v) is 2.93. The zero-order chi connectivity index (χ0) is 17.9. The van der Waals surface area contributed by atoms with Crippen LogP contribution in [-0.4, -0.2) is 34.1 Å². The van der Waals surface area contributed by atoms with Crippen molar-refractivity contribution in [2.45, 2.75) is 115 Å². The topological polar surface area (TPSA) is 60.7 Å². The van der Waals surface area contributed by atoms with Crippen LogP contribution in [0.4, 0.5) is 0 Å². The van der Waals surface area contributed by atoms with E-state index in [2.05, 4.69) is 6.92 Å². The molecule has 0 amide bonds. The monoisotopic (exact) mass is 342 g/mol. The van der Waals surface area contributed by atoms with Gasteiger partial charge in [-0.3, -0.25) is 0 Å². The van der Waals surface area contributed by atoms with Gasteiger partial charge in [-0.25, -0.2) is 0 Å². The van der Waals surface area contributed by atoms with Crippen molar-refractivity contribution in [1.82, 2.24) is 0 Å². The molecule has 0 aromatic rings. The van der Waals surface area contributed by atoms with Crippen molar-refractivity contribution in [3.05, 3.63) is 12.2 Å². The van der Waals surface area contributed by atoms with Gasteiger partial charge in [-0.1, -0.05) is 103 Å². The maximum atomic E-state index is 9.44. The quantitative estimate of drug-likeness (QED) is 0.239. The zero-order valence-corrected chi connectivity index (χ0v) is 16.0. The summed E-state index contributed by atoms with van der Waals surface area (Å²) in [5, 5.41) is 27.3. The van der Waals surface area contributed by atoms with Crippen LogP contribution in [0.15, 0.2) is 12.2 Å². The molecule has 0 aromatic carbocycles. The highest BCUT2D eigenvalue weighted by Crippen LogP contribution is 2.13. The van der Waals surface area contributed by atoms with Crippen LogP contribution in [0.2, 0.25) is 0 Å². The highest BCUT2D eigenvalue weighted by Gasteiger charge is 2.10. The molecule has 3 N–H and O–H groups in total. The molecule has 0 radical (unpaired) electrons. The molecule has 0 aromatic heterocycles. The lowest BCUT2D eigenvalue weighted by atomic mass is 10.0. The molecule has 0 fully saturated rings. The van der Waals surface area contributed by atoms with Crippen molar-refractivity contribution < 1.29 is 15.3 Å². The molecule has 2 atom stereocenters. The number of unbranched alkanes of at least 4 members (excludes halogenated alkanes) is 14. The fraction of sp³-hybridized carbons (Fsp3) is 0.905. The van der Waals surface area contributed by atoms with Crippen LogP contribution in [-0.2, 0) is 0 Å². The molecule has 24 heavy (non-hydrogen) atoms. The SMILES string of the molecule is CCCCCCCCCCCCCCCCC=C[C@H](O)C(O)CO. The number of rotatable bonds is 18. The molecule has 3 nitrogen and oxygen atoms in total. The Morgan fingerprint density at radius 3 is 1.50 bits per heavy atom. The first kappa shape index (κ1) is 23.6. The van der Waals surface area contributed by atoms with Crippen LogP contribution >= 0.6 is 0 Å². The molecule has 1 unspecified atom stereocenters. The second-order valence-electron chi connectivity index (χ2n) is 7.05. The van der Waals surface area contributed by atoms with Crippen molar-refractivity contribution in [2.24, 2.45) is 0 Å². The Morgan fingerprint density at radius 1 is 0.667 bits per heavy atom. The summed E-state index contributed by atoms with van der Waals surface area (Å²) in [6, 6.07) is 0. The Balaban J connectivity index is 3.16. The summed E-state index contributed by atoms with van der Waals surface area (Å²) in [7, 11) is 0. The highest BCUT2D eigenvalue weighted by molar-refractivity contribution is 4.91. The van der Waals surface area contributed by atoms with Gasteiger partial charge in [0.2, 0.25) is 0 Å². The van der Waals surface area contributed by atoms with E-state index in [1.165, 1.54) is 83.5 Å². The number of aliphatic hydroxyl groups is 3. The third-order valence-corrected chi connectivity index (χ3v) is 4.64. The van der Waals surface area contributed by atoms with E-state index in [1.54, 1.807) is 6.08 Å². The second-order valence-corrected chi connectivity index (χ2v) is 7.05. The Bertz CT molecular complexity index is 266. The van der Waals surface area contributed by atoms with E-state index >= 15 is 0 Å². The van der Waals surface area contributed by atoms with E-state index < -0.39 is 18.8 Å². The first-order chi connectivity index (χ1) is 11.7. The van der Waals surface area contributed by atoms with Crippen LogP contribution < -0.4 is 0 Å². The Hall–Kier alpha value is -0.380. The Kier molecular flexibility index (Phi) is 18.7. The maximum absolute atomic E-state index is 9.44. The summed E-state index contributed by atoms with van der Waals surface area (Å²) < 4.78 is 0. The summed E-state index contributed by atoms with van der Waals surface area (Å²) in [5.41, 5.74) is 0. The number of allylic oxidation sites excluding steroid dienone is 1. The molecule has 0 saturated carbocycles. The lowest BCUT2D eigenvalue weighted by molar-refractivity contribution is 0.00937. The van der Waals surface area contributed by atoms with Gasteiger partial charge in [-0.05, 0) is 12.8 Å². The third kappa shape index (κ3) is 16.5. The summed E-state index contributed by atoms with van der Waals surface area (Å²) >= 11 is 0. The summed E-state index contributed by atoms with van der Waals surface area (Å²) in [4.78, 5) is 0. The van der Waals surface area contributed by atoms with Crippen molar-refractivity contribution >= 4 is 0 Å². The largest absolute Gasteiger partial charge is 0.394 e. The first-order valence-corrected chi connectivity index (χ1v) is 10.4. The van der Waals surface area contributed by atoms with Gasteiger partial charge in [0, 0.05) is 0 Å². The van der Waals surface area contributed by atoms with Crippen molar-refractivity contribution in [3.63, 3.8) is 0 Å². The molecular weight excluding hydrogens is 300 g/mol. The normalized spacial score (nSPS) is 14.3. The van der Waals surface area contributed by atoms with Gasteiger partial charge in [0.1, 0.15) is 12.2 Å². The average molecular weight is 343 g/mol. The summed E-state index contributed by atoms with van der Waals surface area (Å²) in [6.07, 6.45) is 21.5. The van der Waals surface area contributed by atoms with Crippen LogP contribution in [0.5, 0.6) is 0 Å². The van der Waals surface area contributed by atoms with Gasteiger partial charge in [-0.2, -0.15) is 0 Å². The van der Waals surface area contributed by atoms with E-state index in [-0.39, 0.29) is 0 Å². The highest BCUT2D eigenvalue weighted by atomic mass is 16.4. The minimum Gasteiger partial charge on any atom is -0.394 e. The van der Waals surface area contributed by atoms with Crippen molar-refractivity contribution in [3.8, 4) is 0 Å². The molecule has 0 rings (SSSR count). The predicted molar refractivity (Wildman–Crippen MR) is 103 cm³/mol. The predicted octanol–water partition coefficient (Wildman–Crippen LogP) is 5.13. The molecule has 0 aliphatic carbocycles. The molecule has 0 spiro atoms. The zero-order valence-electron chi connectivity index (χ0n) is 16.0. The molecule has 0 saturated heterocycles. The Morgan fingerprint density at radius 2 is 1.08 bits per heavy atom. The molecule has 3 heteroatoms. The van der Waals surface area contributed by atoms with Crippen LogP contribution in [0, 0.1) is 0 Å². The average Bonchev–Trinajstić information content (AvgIpc) is 2.60. The van der Waals surface area contributed by atoms with Gasteiger partial charge >= 0.3 is 0 Å². The number of aliphatic hydroxyl groups excluding tert-OH is 3.